The van der Waals surface area contributed by atoms with Crippen molar-refractivity contribution in [3.8, 4) is 0 Å². The van der Waals surface area contributed by atoms with Crippen LogP contribution >= 0.6 is 15.9 Å². The van der Waals surface area contributed by atoms with Crippen LogP contribution < -0.4 is 16.0 Å². The van der Waals surface area contributed by atoms with Gasteiger partial charge in [0.1, 0.15) is 0 Å². The number of nitrogens with zero attached hydrogens (tertiary/aromatic N) is 1. The third-order valence-electron chi connectivity index (χ3n) is 2.75. The van der Waals surface area contributed by atoms with Crippen molar-refractivity contribution in [1.82, 2.24) is 5.32 Å². The number of carbonyl (C=O) groups is 3. The SMILES string of the molecule is NC(=O)CNC1CC(=O)N(c2ccc(Br)cc2)C1=O. The molecule has 0 saturated carbocycles. The van der Waals surface area contributed by atoms with Crippen LogP contribution in [0.25, 0.3) is 0 Å². The fourth-order valence-corrected chi connectivity index (χ4v) is 2.14. The number of carbonyl (C=O) groups excluding carboxylic acids is 3. The highest BCUT2D eigenvalue weighted by molar-refractivity contribution is 9.10. The Bertz CT molecular complexity index is 530. The van der Waals surface area contributed by atoms with Gasteiger partial charge in [0, 0.05) is 4.47 Å². The zero-order valence-electron chi connectivity index (χ0n) is 9.93. The van der Waals surface area contributed by atoms with Crippen molar-refractivity contribution in [2.24, 2.45) is 5.73 Å². The second-order valence-electron chi connectivity index (χ2n) is 4.15. The minimum atomic E-state index is -0.691. The standard InChI is InChI=1S/C12H12BrN3O3/c13-7-1-3-8(4-2-7)16-11(18)5-9(12(16)19)15-6-10(14)17/h1-4,9,15H,5-6H2,(H2,14,17). The van der Waals surface area contributed by atoms with E-state index in [0.717, 1.165) is 9.37 Å². The summed E-state index contributed by atoms with van der Waals surface area (Å²) in [5, 5.41) is 2.68. The van der Waals surface area contributed by atoms with E-state index < -0.39 is 11.9 Å². The lowest BCUT2D eigenvalue weighted by Gasteiger charge is -2.15. The summed E-state index contributed by atoms with van der Waals surface area (Å²) in [6.45, 7) is -0.127. The molecule has 2 rings (SSSR count). The number of hydrogen-bond donors (Lipinski definition) is 2. The second kappa shape index (κ2) is 5.50. The zero-order chi connectivity index (χ0) is 14.0. The maximum atomic E-state index is 12.1. The number of hydrogen-bond acceptors (Lipinski definition) is 4. The predicted octanol–water partition coefficient (Wildman–Crippen LogP) is 0.156. The summed E-state index contributed by atoms with van der Waals surface area (Å²) in [5.41, 5.74) is 5.51. The van der Waals surface area contributed by atoms with E-state index in [4.69, 9.17) is 5.73 Å². The molecule has 1 aromatic rings. The van der Waals surface area contributed by atoms with Crippen LogP contribution in [0.2, 0.25) is 0 Å². The Morgan fingerprint density at radius 3 is 2.58 bits per heavy atom. The average Bonchev–Trinajstić information content (AvgIpc) is 2.63. The van der Waals surface area contributed by atoms with Gasteiger partial charge in [-0.25, -0.2) is 4.90 Å². The third kappa shape index (κ3) is 2.99. The van der Waals surface area contributed by atoms with Gasteiger partial charge in [0.05, 0.1) is 24.7 Å². The quantitative estimate of drug-likeness (QED) is 0.771. The van der Waals surface area contributed by atoms with E-state index in [1.807, 2.05) is 0 Å². The summed E-state index contributed by atoms with van der Waals surface area (Å²) in [7, 11) is 0. The first-order valence-electron chi connectivity index (χ1n) is 5.63. The molecule has 3 amide bonds. The molecule has 6 nitrogen and oxygen atoms in total. The van der Waals surface area contributed by atoms with Gasteiger partial charge in [0.25, 0.3) is 5.91 Å². The molecule has 1 aliphatic rings. The maximum absolute atomic E-state index is 12.1. The topological polar surface area (TPSA) is 92.5 Å². The van der Waals surface area contributed by atoms with Crippen LogP contribution in [0.4, 0.5) is 5.69 Å². The number of anilines is 1. The van der Waals surface area contributed by atoms with Gasteiger partial charge in [-0.05, 0) is 24.3 Å². The Morgan fingerprint density at radius 2 is 2.00 bits per heavy atom. The summed E-state index contributed by atoms with van der Waals surface area (Å²) < 4.78 is 0.860. The molecule has 0 aliphatic carbocycles. The highest BCUT2D eigenvalue weighted by Gasteiger charge is 2.39. The number of primary amides is 1. The van der Waals surface area contributed by atoms with E-state index >= 15 is 0 Å². The highest BCUT2D eigenvalue weighted by atomic mass is 79.9. The van der Waals surface area contributed by atoms with E-state index in [2.05, 4.69) is 21.2 Å². The fraction of sp³-hybridized carbons (Fsp3) is 0.250. The molecule has 0 radical (unpaired) electrons. The minimum absolute atomic E-state index is 0.0299. The van der Waals surface area contributed by atoms with Gasteiger partial charge in [-0.1, -0.05) is 15.9 Å². The van der Waals surface area contributed by atoms with Gasteiger partial charge in [-0.3, -0.25) is 19.7 Å². The van der Waals surface area contributed by atoms with E-state index in [1.54, 1.807) is 24.3 Å². The molecule has 3 N–H and O–H groups in total. The zero-order valence-corrected chi connectivity index (χ0v) is 11.5. The van der Waals surface area contributed by atoms with Crippen molar-refractivity contribution in [1.29, 1.82) is 0 Å². The molecular weight excluding hydrogens is 314 g/mol. The number of nitrogens with two attached hydrogens (primary N) is 1. The summed E-state index contributed by atoms with van der Waals surface area (Å²) in [6.07, 6.45) is 0.0299. The van der Waals surface area contributed by atoms with Gasteiger partial charge in [-0.15, -0.1) is 0 Å². The number of halogens is 1. The minimum Gasteiger partial charge on any atom is -0.369 e. The van der Waals surface area contributed by atoms with Crippen molar-refractivity contribution in [2.75, 3.05) is 11.4 Å². The molecule has 1 aromatic carbocycles. The van der Waals surface area contributed by atoms with Crippen molar-refractivity contribution in [3.63, 3.8) is 0 Å². The van der Waals surface area contributed by atoms with Crippen molar-refractivity contribution >= 4 is 39.3 Å². The maximum Gasteiger partial charge on any atom is 0.251 e. The molecule has 1 saturated heterocycles. The first-order valence-corrected chi connectivity index (χ1v) is 6.42. The molecule has 0 bridgehead atoms. The molecule has 19 heavy (non-hydrogen) atoms. The molecule has 0 spiro atoms. The molecule has 1 heterocycles. The summed E-state index contributed by atoms with van der Waals surface area (Å²) in [6, 6.07) is 6.16. The van der Waals surface area contributed by atoms with Gasteiger partial charge in [-0.2, -0.15) is 0 Å². The smallest absolute Gasteiger partial charge is 0.251 e. The highest BCUT2D eigenvalue weighted by Crippen LogP contribution is 2.24. The number of benzene rings is 1. The number of amides is 3. The van der Waals surface area contributed by atoms with Gasteiger partial charge in [0.15, 0.2) is 0 Å². The Morgan fingerprint density at radius 1 is 1.37 bits per heavy atom. The van der Waals surface area contributed by atoms with Crippen LogP contribution in [-0.2, 0) is 14.4 Å². The lowest BCUT2D eigenvalue weighted by molar-refractivity contribution is -0.121. The van der Waals surface area contributed by atoms with Crippen LogP contribution in [0.15, 0.2) is 28.7 Å². The van der Waals surface area contributed by atoms with Gasteiger partial charge >= 0.3 is 0 Å². The van der Waals surface area contributed by atoms with Crippen molar-refractivity contribution in [2.45, 2.75) is 12.5 Å². The molecule has 1 fully saturated rings. The largest absolute Gasteiger partial charge is 0.369 e. The predicted molar refractivity (Wildman–Crippen MR) is 72.2 cm³/mol. The molecule has 1 atom stereocenters. The molecule has 0 aromatic heterocycles. The Kier molecular flexibility index (Phi) is 3.96. The second-order valence-corrected chi connectivity index (χ2v) is 5.06. The summed E-state index contributed by atoms with van der Waals surface area (Å²) in [4.78, 5) is 35.7. The first-order chi connectivity index (χ1) is 8.99. The molecular formula is C12H12BrN3O3. The lowest BCUT2D eigenvalue weighted by Crippen LogP contribution is -2.42. The van der Waals surface area contributed by atoms with E-state index in [-0.39, 0.29) is 24.8 Å². The van der Waals surface area contributed by atoms with Gasteiger partial charge in [0.2, 0.25) is 11.8 Å². The third-order valence-corrected chi connectivity index (χ3v) is 3.28. The van der Waals surface area contributed by atoms with Gasteiger partial charge < -0.3 is 5.73 Å². The number of rotatable bonds is 4. The molecule has 1 aliphatic heterocycles. The number of imide groups is 1. The lowest BCUT2D eigenvalue weighted by atomic mass is 10.2. The Balaban J connectivity index is 2.14. The van der Waals surface area contributed by atoms with Crippen LogP contribution in [0.3, 0.4) is 0 Å². The normalized spacial score (nSPS) is 19.0. The fourth-order valence-electron chi connectivity index (χ4n) is 1.88. The van der Waals surface area contributed by atoms with Crippen LogP contribution in [0.5, 0.6) is 0 Å². The molecule has 7 heteroatoms. The van der Waals surface area contributed by atoms with Crippen LogP contribution in [-0.4, -0.2) is 30.3 Å². The molecule has 1 unspecified atom stereocenters. The average molecular weight is 326 g/mol. The van der Waals surface area contributed by atoms with Crippen molar-refractivity contribution in [3.05, 3.63) is 28.7 Å². The summed E-state index contributed by atoms with van der Waals surface area (Å²) >= 11 is 3.28. The van der Waals surface area contributed by atoms with Crippen molar-refractivity contribution < 1.29 is 14.4 Å². The molecule has 100 valence electrons. The van der Waals surface area contributed by atoms with E-state index in [9.17, 15) is 14.4 Å². The Labute approximate surface area is 118 Å². The Hall–Kier alpha value is -1.73. The first kappa shape index (κ1) is 13.7. The monoisotopic (exact) mass is 325 g/mol. The van der Waals surface area contributed by atoms with Crippen LogP contribution in [0, 0.1) is 0 Å². The summed E-state index contributed by atoms with van der Waals surface area (Å²) in [5.74, 6) is -1.23. The van der Waals surface area contributed by atoms with Crippen LogP contribution in [0.1, 0.15) is 6.42 Å². The van der Waals surface area contributed by atoms with E-state index in [0.29, 0.717) is 5.69 Å². The van der Waals surface area contributed by atoms with E-state index in [1.165, 1.54) is 0 Å². The number of nitrogens with one attached hydrogen (secondary N) is 1.